The first-order valence-corrected chi connectivity index (χ1v) is 11.3. The molecule has 1 aromatic carbocycles. The van der Waals surface area contributed by atoms with Gasteiger partial charge in [-0.15, -0.1) is 0 Å². The van der Waals surface area contributed by atoms with Gasteiger partial charge in [0, 0.05) is 43.8 Å². The predicted molar refractivity (Wildman–Crippen MR) is 128 cm³/mol. The maximum absolute atomic E-state index is 13.0. The number of methoxy groups -OCH3 is 1. The van der Waals surface area contributed by atoms with E-state index in [2.05, 4.69) is 30.6 Å². The summed E-state index contributed by atoms with van der Waals surface area (Å²) in [5.74, 6) is 1.12. The van der Waals surface area contributed by atoms with E-state index in [4.69, 9.17) is 16.3 Å². The molecule has 3 heterocycles. The molecule has 1 aliphatic rings. The monoisotopic (exact) mass is 483 g/mol. The second-order valence-corrected chi connectivity index (χ2v) is 8.26. The van der Waals surface area contributed by atoms with Crippen LogP contribution in [0.5, 0.6) is 5.75 Å². The highest BCUT2D eigenvalue weighted by Gasteiger charge is 2.27. The molecule has 1 atom stereocenters. The quantitative estimate of drug-likeness (QED) is 0.420. The van der Waals surface area contributed by atoms with Crippen molar-refractivity contribution in [1.29, 1.82) is 0 Å². The fourth-order valence-electron chi connectivity index (χ4n) is 3.81. The minimum Gasteiger partial charge on any atom is -0.495 e. The fraction of sp³-hybridized carbons (Fsp3) is 0.348. The van der Waals surface area contributed by atoms with E-state index in [9.17, 15) is 9.90 Å². The third kappa shape index (κ3) is 5.52. The molecule has 2 aromatic heterocycles. The Morgan fingerprint density at radius 1 is 1.24 bits per heavy atom. The van der Waals surface area contributed by atoms with Crippen LogP contribution in [-0.4, -0.2) is 57.3 Å². The summed E-state index contributed by atoms with van der Waals surface area (Å²) >= 11 is 6.25. The Labute approximate surface area is 202 Å². The summed E-state index contributed by atoms with van der Waals surface area (Å²) in [6, 6.07) is 5.44. The van der Waals surface area contributed by atoms with E-state index in [1.54, 1.807) is 31.6 Å². The van der Waals surface area contributed by atoms with Crippen molar-refractivity contribution in [2.75, 3.05) is 30.5 Å². The molecule has 4 rings (SSSR count). The van der Waals surface area contributed by atoms with Crippen molar-refractivity contribution in [2.45, 2.75) is 32.0 Å². The normalized spacial score (nSPS) is 15.3. The molecule has 1 amide bonds. The van der Waals surface area contributed by atoms with Crippen LogP contribution in [0.25, 0.3) is 0 Å². The molecule has 0 unspecified atom stereocenters. The van der Waals surface area contributed by atoms with Gasteiger partial charge in [0.05, 0.1) is 24.8 Å². The topological polar surface area (TPSA) is 125 Å². The number of nitrogens with one attached hydrogen (secondary N) is 2. The highest BCUT2D eigenvalue weighted by atomic mass is 35.5. The standard InChI is InChI=1S/C23H26ClN7O3/c1-34-20-5-4-15(7-19(20)24)10-27-21-18(22(33)28-11-16-8-25-14-26-9-16)12-29-23(30-21)31-6-2-3-17(31)13-32/h4-5,7-9,12,14,17,32H,2-3,6,10-11,13H2,1H3,(H,28,33)(H,27,29,30)/t17-/m0/s1. The number of carbonyl (C=O) groups excluding carboxylic acids is 1. The Morgan fingerprint density at radius 3 is 2.79 bits per heavy atom. The van der Waals surface area contributed by atoms with Gasteiger partial charge in [-0.3, -0.25) is 4.79 Å². The number of nitrogens with zero attached hydrogens (tertiary/aromatic N) is 5. The van der Waals surface area contributed by atoms with Crippen molar-refractivity contribution >= 4 is 29.3 Å². The minimum absolute atomic E-state index is 0.0256. The van der Waals surface area contributed by atoms with E-state index >= 15 is 0 Å². The van der Waals surface area contributed by atoms with Gasteiger partial charge < -0.3 is 25.4 Å². The number of hydrogen-bond donors (Lipinski definition) is 3. The molecule has 34 heavy (non-hydrogen) atoms. The highest BCUT2D eigenvalue weighted by Crippen LogP contribution is 2.27. The van der Waals surface area contributed by atoms with Crippen LogP contribution in [0.15, 0.2) is 43.1 Å². The Balaban J connectivity index is 1.56. The number of amides is 1. The molecule has 0 aliphatic carbocycles. The molecule has 1 saturated heterocycles. The lowest BCUT2D eigenvalue weighted by atomic mass is 10.2. The summed E-state index contributed by atoms with van der Waals surface area (Å²) in [5.41, 5.74) is 1.98. The summed E-state index contributed by atoms with van der Waals surface area (Å²) in [6.45, 7) is 1.43. The van der Waals surface area contributed by atoms with Crippen LogP contribution < -0.4 is 20.3 Å². The van der Waals surface area contributed by atoms with E-state index < -0.39 is 0 Å². The number of hydrogen-bond acceptors (Lipinski definition) is 9. The number of aliphatic hydroxyl groups is 1. The molecule has 3 N–H and O–H groups in total. The molecule has 3 aromatic rings. The second kappa shape index (κ2) is 11.1. The van der Waals surface area contributed by atoms with Crippen LogP contribution in [0.4, 0.5) is 11.8 Å². The number of rotatable bonds is 9. The third-order valence-electron chi connectivity index (χ3n) is 5.61. The van der Waals surface area contributed by atoms with Crippen LogP contribution in [-0.2, 0) is 13.1 Å². The minimum atomic E-state index is -0.328. The van der Waals surface area contributed by atoms with Gasteiger partial charge in [0.25, 0.3) is 5.91 Å². The number of carbonyl (C=O) groups is 1. The lowest BCUT2D eigenvalue weighted by Crippen LogP contribution is -2.34. The first kappa shape index (κ1) is 23.7. The first-order valence-electron chi connectivity index (χ1n) is 10.9. The lowest BCUT2D eigenvalue weighted by molar-refractivity contribution is 0.0951. The summed E-state index contributed by atoms with van der Waals surface area (Å²) in [7, 11) is 1.56. The zero-order valence-corrected chi connectivity index (χ0v) is 19.5. The van der Waals surface area contributed by atoms with Gasteiger partial charge in [-0.25, -0.2) is 15.0 Å². The highest BCUT2D eigenvalue weighted by molar-refractivity contribution is 6.32. The largest absolute Gasteiger partial charge is 0.495 e. The van der Waals surface area contributed by atoms with Gasteiger partial charge >= 0.3 is 0 Å². The molecular formula is C23H26ClN7O3. The van der Waals surface area contributed by atoms with Crippen LogP contribution in [0, 0.1) is 0 Å². The molecule has 10 nitrogen and oxygen atoms in total. The average Bonchev–Trinajstić information content (AvgIpc) is 3.35. The average molecular weight is 484 g/mol. The molecule has 1 aliphatic heterocycles. The van der Waals surface area contributed by atoms with Crippen molar-refractivity contribution in [2.24, 2.45) is 0 Å². The van der Waals surface area contributed by atoms with E-state index in [0.717, 1.165) is 30.5 Å². The van der Waals surface area contributed by atoms with E-state index in [0.29, 0.717) is 34.6 Å². The maximum Gasteiger partial charge on any atom is 0.256 e. The van der Waals surface area contributed by atoms with Gasteiger partial charge in [-0.1, -0.05) is 17.7 Å². The Hall–Kier alpha value is -3.50. The molecular weight excluding hydrogens is 458 g/mol. The zero-order valence-electron chi connectivity index (χ0n) is 18.7. The number of benzene rings is 1. The van der Waals surface area contributed by atoms with Crippen molar-refractivity contribution in [3.8, 4) is 5.75 Å². The van der Waals surface area contributed by atoms with E-state index in [1.165, 1.54) is 12.5 Å². The molecule has 0 saturated carbocycles. The van der Waals surface area contributed by atoms with E-state index in [1.807, 2.05) is 11.0 Å². The fourth-order valence-corrected chi connectivity index (χ4v) is 4.09. The third-order valence-corrected chi connectivity index (χ3v) is 5.90. The molecule has 11 heteroatoms. The van der Waals surface area contributed by atoms with Gasteiger partial charge in [-0.05, 0) is 30.5 Å². The zero-order chi connectivity index (χ0) is 23.9. The van der Waals surface area contributed by atoms with Crippen molar-refractivity contribution in [1.82, 2.24) is 25.3 Å². The van der Waals surface area contributed by atoms with Crippen LogP contribution in [0.2, 0.25) is 5.02 Å². The van der Waals surface area contributed by atoms with Gasteiger partial charge in [0.2, 0.25) is 5.95 Å². The Bertz CT molecular complexity index is 1130. The smallest absolute Gasteiger partial charge is 0.256 e. The summed E-state index contributed by atoms with van der Waals surface area (Å²) in [6.07, 6.45) is 8.04. The van der Waals surface area contributed by atoms with E-state index in [-0.39, 0.29) is 25.1 Å². The predicted octanol–water partition coefficient (Wildman–Crippen LogP) is 2.43. The van der Waals surface area contributed by atoms with Gasteiger partial charge in [0.15, 0.2) is 0 Å². The van der Waals surface area contributed by atoms with Crippen molar-refractivity contribution in [3.05, 3.63) is 64.8 Å². The number of ether oxygens (including phenoxy) is 1. The maximum atomic E-state index is 13.0. The summed E-state index contributed by atoms with van der Waals surface area (Å²) in [5, 5.41) is 16.3. The summed E-state index contributed by atoms with van der Waals surface area (Å²) < 4.78 is 5.21. The lowest BCUT2D eigenvalue weighted by Gasteiger charge is -2.24. The van der Waals surface area contributed by atoms with Crippen molar-refractivity contribution in [3.63, 3.8) is 0 Å². The first-order chi connectivity index (χ1) is 16.6. The van der Waals surface area contributed by atoms with Crippen LogP contribution >= 0.6 is 11.6 Å². The Kier molecular flexibility index (Phi) is 7.71. The number of anilines is 2. The molecule has 178 valence electrons. The molecule has 0 bridgehead atoms. The van der Waals surface area contributed by atoms with Crippen molar-refractivity contribution < 1.29 is 14.6 Å². The summed E-state index contributed by atoms with van der Waals surface area (Å²) in [4.78, 5) is 31.9. The molecule has 1 fully saturated rings. The molecule has 0 spiro atoms. The number of aliphatic hydroxyl groups excluding tert-OH is 1. The van der Waals surface area contributed by atoms with Gasteiger partial charge in [-0.2, -0.15) is 4.98 Å². The van der Waals surface area contributed by atoms with Gasteiger partial charge in [0.1, 0.15) is 23.5 Å². The second-order valence-electron chi connectivity index (χ2n) is 7.86. The molecule has 0 radical (unpaired) electrons. The SMILES string of the molecule is COc1ccc(CNc2nc(N3CCC[C@H]3CO)ncc2C(=O)NCc2cncnc2)cc1Cl. The Morgan fingerprint density at radius 2 is 2.06 bits per heavy atom. The number of halogens is 1. The number of aromatic nitrogens is 4. The van der Waals surface area contributed by atoms with Crippen LogP contribution in [0.1, 0.15) is 34.3 Å². The van der Waals surface area contributed by atoms with Crippen LogP contribution in [0.3, 0.4) is 0 Å².